The number of halogens is 1. The average Bonchev–Trinajstić information content (AvgIpc) is 3.22. The first-order chi connectivity index (χ1) is 10.7. The van der Waals surface area contributed by atoms with Crippen LogP contribution in [0.25, 0.3) is 11.1 Å². The van der Waals surface area contributed by atoms with Crippen LogP contribution in [0, 0.1) is 5.13 Å². The Hall–Kier alpha value is -2.47. The number of rotatable bonds is 3. The van der Waals surface area contributed by atoms with Crippen molar-refractivity contribution in [3.63, 3.8) is 0 Å². The second-order valence-electron chi connectivity index (χ2n) is 5.23. The maximum Gasteiger partial charge on any atom is 0.254 e. The summed E-state index contributed by atoms with van der Waals surface area (Å²) < 4.78 is 13.1. The van der Waals surface area contributed by atoms with E-state index in [-0.39, 0.29) is 11.0 Å². The minimum Gasteiger partial charge on any atom is -0.329 e. The molecule has 0 fully saturated rings. The summed E-state index contributed by atoms with van der Waals surface area (Å²) in [5.41, 5.74) is 3.64. The molecule has 0 saturated heterocycles. The van der Waals surface area contributed by atoms with E-state index >= 15 is 0 Å². The fraction of sp³-hybridized carbons (Fsp3) is 0.125. The van der Waals surface area contributed by atoms with Crippen LogP contribution in [0.1, 0.15) is 20.8 Å². The molecule has 3 aromatic rings. The molecule has 1 aliphatic heterocycles. The Morgan fingerprint density at radius 1 is 1.27 bits per heavy atom. The first-order valence-corrected chi connectivity index (χ1v) is 7.68. The molecule has 1 aromatic carbocycles. The number of hydrogen-bond donors (Lipinski definition) is 1. The number of carbonyl (C=O) groups excluding carboxylic acids is 1. The van der Waals surface area contributed by atoms with Gasteiger partial charge >= 0.3 is 0 Å². The molecule has 4 nitrogen and oxygen atoms in total. The first kappa shape index (κ1) is 13.2. The van der Waals surface area contributed by atoms with Crippen molar-refractivity contribution in [2.24, 2.45) is 0 Å². The molecule has 0 aliphatic carbocycles. The highest BCUT2D eigenvalue weighted by molar-refractivity contribution is 7.10. The van der Waals surface area contributed by atoms with Crippen molar-refractivity contribution in [2.75, 3.05) is 0 Å². The summed E-state index contributed by atoms with van der Waals surface area (Å²) in [5, 5.41) is 6.48. The molecule has 0 spiro atoms. The zero-order valence-corrected chi connectivity index (χ0v) is 12.4. The molecule has 0 atom stereocenters. The van der Waals surface area contributed by atoms with Gasteiger partial charge in [-0.15, -0.1) is 11.3 Å². The third kappa shape index (κ3) is 2.21. The number of carbonyl (C=O) groups is 1. The van der Waals surface area contributed by atoms with Gasteiger partial charge in [-0.2, -0.15) is 9.49 Å². The van der Waals surface area contributed by atoms with Crippen molar-refractivity contribution in [3.05, 3.63) is 63.9 Å². The molecule has 1 amide bonds. The number of H-pyrrole nitrogens is 1. The van der Waals surface area contributed by atoms with Crippen molar-refractivity contribution in [1.29, 1.82) is 0 Å². The van der Waals surface area contributed by atoms with E-state index < -0.39 is 0 Å². The summed E-state index contributed by atoms with van der Waals surface area (Å²) in [4.78, 5) is 15.1. The quantitative estimate of drug-likeness (QED) is 0.805. The zero-order chi connectivity index (χ0) is 15.1. The average molecular weight is 313 g/mol. The van der Waals surface area contributed by atoms with E-state index in [1.807, 2.05) is 18.2 Å². The number of benzene rings is 1. The van der Waals surface area contributed by atoms with Gasteiger partial charge in [0, 0.05) is 28.7 Å². The molecule has 110 valence electrons. The number of hydrogen-bond acceptors (Lipinski definition) is 3. The van der Waals surface area contributed by atoms with E-state index in [1.165, 1.54) is 6.07 Å². The molecule has 0 bridgehead atoms. The number of thiophene rings is 1. The lowest BCUT2D eigenvalue weighted by atomic mass is 10.0. The lowest BCUT2D eigenvalue weighted by Crippen LogP contribution is -2.22. The highest BCUT2D eigenvalue weighted by Gasteiger charge is 2.28. The van der Waals surface area contributed by atoms with E-state index in [4.69, 9.17) is 0 Å². The lowest BCUT2D eigenvalue weighted by molar-refractivity contribution is 0.0768. The summed E-state index contributed by atoms with van der Waals surface area (Å²) in [6, 6.07) is 9.03. The molecular formula is C16H12FN3OS. The standard InChI is InChI=1S/C16H12FN3OS/c17-15-4-3-13(22-15)9-20-8-11-2-1-10(5-14(11)16(20)21)12-6-18-19-7-12/h1-7H,8-9H2,(H,18,19). The molecule has 3 heterocycles. The number of aromatic amines is 1. The van der Waals surface area contributed by atoms with E-state index in [9.17, 15) is 9.18 Å². The zero-order valence-electron chi connectivity index (χ0n) is 11.5. The molecular weight excluding hydrogens is 301 g/mol. The van der Waals surface area contributed by atoms with Crippen LogP contribution in [0.5, 0.6) is 0 Å². The largest absolute Gasteiger partial charge is 0.329 e. The maximum absolute atomic E-state index is 13.1. The van der Waals surface area contributed by atoms with Crippen LogP contribution in [-0.4, -0.2) is 21.0 Å². The van der Waals surface area contributed by atoms with E-state index in [1.54, 1.807) is 23.4 Å². The summed E-state index contributed by atoms with van der Waals surface area (Å²) >= 11 is 1.08. The van der Waals surface area contributed by atoms with Crippen LogP contribution in [0.2, 0.25) is 0 Å². The van der Waals surface area contributed by atoms with Gasteiger partial charge in [0.25, 0.3) is 5.91 Å². The minimum atomic E-state index is -0.221. The van der Waals surface area contributed by atoms with Gasteiger partial charge in [0.05, 0.1) is 12.7 Å². The van der Waals surface area contributed by atoms with E-state index in [0.717, 1.165) is 38.5 Å². The van der Waals surface area contributed by atoms with Gasteiger partial charge in [0.1, 0.15) is 0 Å². The fourth-order valence-electron chi connectivity index (χ4n) is 2.70. The van der Waals surface area contributed by atoms with Crippen molar-refractivity contribution < 1.29 is 9.18 Å². The van der Waals surface area contributed by atoms with Gasteiger partial charge in [-0.05, 0) is 29.3 Å². The number of nitrogens with zero attached hydrogens (tertiary/aromatic N) is 2. The highest BCUT2D eigenvalue weighted by Crippen LogP contribution is 2.29. The molecule has 2 aromatic heterocycles. The minimum absolute atomic E-state index is 0.00541. The Balaban J connectivity index is 1.61. The fourth-order valence-corrected chi connectivity index (χ4v) is 3.45. The number of aromatic nitrogens is 2. The van der Waals surface area contributed by atoms with Crippen molar-refractivity contribution in [3.8, 4) is 11.1 Å². The van der Waals surface area contributed by atoms with Crippen LogP contribution in [-0.2, 0) is 13.1 Å². The second kappa shape index (κ2) is 5.06. The number of amides is 1. The maximum atomic E-state index is 13.1. The van der Waals surface area contributed by atoms with Gasteiger partial charge in [0.2, 0.25) is 0 Å². The predicted octanol–water partition coefficient (Wildman–Crippen LogP) is 3.43. The Morgan fingerprint density at radius 2 is 2.18 bits per heavy atom. The third-order valence-corrected chi connectivity index (χ3v) is 4.65. The predicted molar refractivity (Wildman–Crippen MR) is 81.9 cm³/mol. The highest BCUT2D eigenvalue weighted by atomic mass is 32.1. The molecule has 0 unspecified atom stereocenters. The molecule has 0 saturated carbocycles. The Kier molecular flexibility index (Phi) is 3.04. The lowest BCUT2D eigenvalue weighted by Gasteiger charge is -2.13. The van der Waals surface area contributed by atoms with Crippen molar-refractivity contribution >= 4 is 17.2 Å². The van der Waals surface area contributed by atoms with Crippen molar-refractivity contribution in [1.82, 2.24) is 15.1 Å². The summed E-state index contributed by atoms with van der Waals surface area (Å²) in [5.74, 6) is -0.00541. The van der Waals surface area contributed by atoms with Gasteiger partial charge in [-0.3, -0.25) is 9.89 Å². The summed E-state index contributed by atoms with van der Waals surface area (Å²) in [7, 11) is 0. The Morgan fingerprint density at radius 3 is 2.91 bits per heavy atom. The number of nitrogens with one attached hydrogen (secondary N) is 1. The topological polar surface area (TPSA) is 49.0 Å². The Labute approximate surface area is 130 Å². The first-order valence-electron chi connectivity index (χ1n) is 6.86. The van der Waals surface area contributed by atoms with Crippen LogP contribution < -0.4 is 0 Å². The molecule has 1 N–H and O–H groups in total. The van der Waals surface area contributed by atoms with Crippen molar-refractivity contribution in [2.45, 2.75) is 13.1 Å². The summed E-state index contributed by atoms with van der Waals surface area (Å²) in [6.45, 7) is 1.02. The molecule has 6 heteroatoms. The SMILES string of the molecule is O=C1c2cc(-c3cn[nH]c3)ccc2CN1Cc1ccc(F)s1. The molecule has 1 aliphatic rings. The van der Waals surface area contributed by atoms with Crippen LogP contribution in [0.4, 0.5) is 4.39 Å². The van der Waals surface area contributed by atoms with E-state index in [0.29, 0.717) is 13.1 Å². The normalized spacial score (nSPS) is 13.7. The molecule has 4 rings (SSSR count). The van der Waals surface area contributed by atoms with Gasteiger partial charge in [-0.1, -0.05) is 12.1 Å². The Bertz CT molecular complexity index is 841. The van der Waals surface area contributed by atoms with Crippen LogP contribution >= 0.6 is 11.3 Å². The van der Waals surface area contributed by atoms with Crippen LogP contribution in [0.3, 0.4) is 0 Å². The smallest absolute Gasteiger partial charge is 0.254 e. The summed E-state index contributed by atoms with van der Waals surface area (Å²) in [6.07, 6.45) is 3.53. The monoisotopic (exact) mass is 313 g/mol. The molecule has 22 heavy (non-hydrogen) atoms. The third-order valence-electron chi connectivity index (χ3n) is 3.80. The second-order valence-corrected chi connectivity index (χ2v) is 6.34. The molecule has 0 radical (unpaired) electrons. The van der Waals surface area contributed by atoms with Crippen LogP contribution in [0.15, 0.2) is 42.7 Å². The van der Waals surface area contributed by atoms with Gasteiger partial charge in [-0.25, -0.2) is 0 Å². The van der Waals surface area contributed by atoms with Gasteiger partial charge < -0.3 is 4.90 Å². The van der Waals surface area contributed by atoms with Gasteiger partial charge in [0.15, 0.2) is 5.13 Å². The number of fused-ring (bicyclic) bond motifs is 1. The van der Waals surface area contributed by atoms with E-state index in [2.05, 4.69) is 10.2 Å².